The van der Waals surface area contributed by atoms with E-state index in [1.54, 1.807) is 19.2 Å². The fourth-order valence-electron chi connectivity index (χ4n) is 6.30. The number of esters is 1. The van der Waals surface area contributed by atoms with Gasteiger partial charge in [-0.2, -0.15) is 0 Å². The van der Waals surface area contributed by atoms with Gasteiger partial charge in [-0.05, 0) is 68.6 Å². The number of allylic oxidation sites excluding steroid dienone is 1. The molecule has 6 rings (SSSR count). The minimum atomic E-state index is -5.17. The topological polar surface area (TPSA) is 128 Å². The van der Waals surface area contributed by atoms with E-state index in [2.05, 4.69) is 24.1 Å². The van der Waals surface area contributed by atoms with E-state index < -0.39 is 10.4 Å². The maximum Gasteiger partial charge on any atom is 0.343 e. The summed E-state index contributed by atoms with van der Waals surface area (Å²) >= 11 is 0. The van der Waals surface area contributed by atoms with Crippen molar-refractivity contribution in [3.8, 4) is 11.5 Å². The van der Waals surface area contributed by atoms with Crippen LogP contribution in [0.15, 0.2) is 54.3 Å². The van der Waals surface area contributed by atoms with Gasteiger partial charge in [-0.1, -0.05) is 24.3 Å². The first-order valence-corrected chi connectivity index (χ1v) is 12.7. The second-order valence-electron chi connectivity index (χ2n) is 9.28. The molecule has 2 aromatic rings. The first-order chi connectivity index (χ1) is 16.6. The van der Waals surface area contributed by atoms with Crippen molar-refractivity contribution in [1.82, 2.24) is 4.90 Å². The molecule has 186 valence electrons. The number of carbonyl (C=O) groups excluding carboxylic acids is 1. The van der Waals surface area contributed by atoms with Crippen LogP contribution in [0, 0.1) is 5.92 Å². The van der Waals surface area contributed by atoms with Gasteiger partial charge in [0, 0.05) is 27.4 Å². The lowest BCUT2D eigenvalue weighted by atomic mass is 9.53. The van der Waals surface area contributed by atoms with E-state index in [4.69, 9.17) is 31.7 Å². The number of rotatable bonds is 3. The number of piperidine rings is 1. The monoisotopic (exact) mass is 499 g/mol. The maximum atomic E-state index is 12.8. The Bertz CT molecular complexity index is 1280. The number of hydrogen-bond donors (Lipinski definition) is 0. The SMILES string of the molecule is COc1ccc2c3c1O[C@H]1C(OC(=O)c4ccccc4)=CC[C@H]4[C@@H](C2)N(C)CC[C@]314.O=S(=O)([O-])[O-]. The predicted molar refractivity (Wildman–Crippen MR) is 122 cm³/mol. The van der Waals surface area contributed by atoms with Crippen LogP contribution >= 0.6 is 0 Å². The number of likely N-dealkylation sites (tertiary alicyclic amines) is 1. The minimum absolute atomic E-state index is 0.157. The highest BCUT2D eigenvalue weighted by atomic mass is 32.3. The molecule has 0 unspecified atom stereocenters. The molecule has 2 bridgehead atoms. The summed E-state index contributed by atoms with van der Waals surface area (Å²) in [5, 5.41) is 0. The molecule has 2 aromatic carbocycles. The number of carbonyl (C=O) groups is 1. The van der Waals surface area contributed by atoms with Crippen molar-refractivity contribution in [3.05, 3.63) is 71.0 Å². The zero-order valence-electron chi connectivity index (χ0n) is 19.3. The normalized spacial score (nSPS) is 28.0. The Morgan fingerprint density at radius 2 is 1.89 bits per heavy atom. The molecule has 9 nitrogen and oxygen atoms in total. The third-order valence-corrected chi connectivity index (χ3v) is 7.65. The van der Waals surface area contributed by atoms with Crippen molar-refractivity contribution in [2.45, 2.75) is 36.8 Å². The summed E-state index contributed by atoms with van der Waals surface area (Å²) in [6.07, 6.45) is 4.71. The number of likely N-dealkylation sites (N-methyl/N-ethyl adjacent to an activating group) is 1. The highest BCUT2D eigenvalue weighted by Crippen LogP contribution is 2.63. The number of ether oxygens (including phenoxy) is 3. The number of methoxy groups -OCH3 is 1. The summed E-state index contributed by atoms with van der Waals surface area (Å²) in [7, 11) is -1.25. The molecule has 10 heteroatoms. The van der Waals surface area contributed by atoms with Gasteiger partial charge in [-0.3, -0.25) is 8.42 Å². The summed E-state index contributed by atoms with van der Waals surface area (Å²) in [5.74, 6) is 2.37. The van der Waals surface area contributed by atoms with Crippen molar-refractivity contribution in [3.63, 3.8) is 0 Å². The van der Waals surface area contributed by atoms with Crippen molar-refractivity contribution < 1.29 is 36.5 Å². The van der Waals surface area contributed by atoms with Crippen molar-refractivity contribution in [2.75, 3.05) is 20.7 Å². The molecular formula is C25H25NO8S-2. The number of nitrogens with zero attached hydrogens (tertiary/aromatic N) is 1. The summed E-state index contributed by atoms with van der Waals surface area (Å²) in [5.41, 5.74) is 3.03. The Morgan fingerprint density at radius 1 is 1.17 bits per heavy atom. The summed E-state index contributed by atoms with van der Waals surface area (Å²) < 4.78 is 52.3. The largest absolute Gasteiger partial charge is 0.759 e. The molecule has 0 aromatic heterocycles. The fraction of sp³-hybridized carbons (Fsp3) is 0.400. The number of benzene rings is 2. The molecule has 0 amide bonds. The van der Waals surface area contributed by atoms with Gasteiger partial charge >= 0.3 is 5.97 Å². The number of hydrogen-bond acceptors (Lipinski definition) is 9. The van der Waals surface area contributed by atoms with Crippen molar-refractivity contribution >= 4 is 16.4 Å². The first-order valence-electron chi connectivity index (χ1n) is 11.3. The van der Waals surface area contributed by atoms with Crippen LogP contribution in [0.2, 0.25) is 0 Å². The van der Waals surface area contributed by atoms with E-state index in [1.165, 1.54) is 11.1 Å². The third kappa shape index (κ3) is 4.00. The highest BCUT2D eigenvalue weighted by Gasteiger charge is 2.64. The van der Waals surface area contributed by atoms with E-state index in [0.29, 0.717) is 23.3 Å². The van der Waals surface area contributed by atoms with Gasteiger partial charge < -0.3 is 28.2 Å². The highest BCUT2D eigenvalue weighted by molar-refractivity contribution is 7.79. The molecule has 0 radical (unpaired) electrons. The van der Waals surface area contributed by atoms with Crippen LogP contribution in [0.25, 0.3) is 0 Å². The van der Waals surface area contributed by atoms with E-state index in [1.807, 2.05) is 24.3 Å². The molecule has 1 spiro atoms. The molecule has 0 N–H and O–H groups in total. The molecule has 1 fully saturated rings. The van der Waals surface area contributed by atoms with Gasteiger partial charge in [-0.25, -0.2) is 4.79 Å². The zero-order chi connectivity index (χ0) is 25.0. The maximum absolute atomic E-state index is 12.8. The van der Waals surface area contributed by atoms with Crippen LogP contribution < -0.4 is 9.47 Å². The van der Waals surface area contributed by atoms with Gasteiger partial charge in [0.05, 0.1) is 12.7 Å². The average molecular weight is 500 g/mol. The van der Waals surface area contributed by atoms with Gasteiger partial charge in [0.25, 0.3) is 0 Å². The Kier molecular flexibility index (Phi) is 5.87. The van der Waals surface area contributed by atoms with Crippen LogP contribution in [-0.2, 0) is 27.0 Å². The van der Waals surface area contributed by atoms with Gasteiger partial charge in [0.1, 0.15) is 5.76 Å². The van der Waals surface area contributed by atoms with Gasteiger partial charge in [0.15, 0.2) is 17.6 Å². The molecule has 2 aliphatic carbocycles. The van der Waals surface area contributed by atoms with Crippen molar-refractivity contribution in [1.29, 1.82) is 0 Å². The lowest BCUT2D eigenvalue weighted by Crippen LogP contribution is -2.63. The Labute approximate surface area is 203 Å². The lowest BCUT2D eigenvalue weighted by molar-refractivity contribution is -0.0272. The summed E-state index contributed by atoms with van der Waals surface area (Å²) in [4.78, 5) is 15.3. The Hall–Kier alpha value is -2.92. The first kappa shape index (κ1) is 23.8. The quantitative estimate of drug-likeness (QED) is 0.355. The standard InChI is InChI=1S/C25H25NO4.H2O4S/c1-26-13-12-25-17-9-11-20(29-24(27)15-6-4-3-5-7-15)23(25)30-22-19(28-2)10-8-16(21(22)25)14-18(17)26;1-5(2,3)4/h3-8,10-11,17-18,23H,9,12-14H2,1-2H3;(H2,1,2,3,4)/p-2/t17-,18+,23-,25-;/m0./s1. The average Bonchev–Trinajstić information content (AvgIpc) is 3.17. The third-order valence-electron chi connectivity index (χ3n) is 7.65. The molecule has 35 heavy (non-hydrogen) atoms. The molecule has 0 saturated carbocycles. The van der Waals surface area contributed by atoms with Gasteiger partial charge in [-0.15, -0.1) is 0 Å². The Balaban J connectivity index is 0.000000464. The van der Waals surface area contributed by atoms with Crippen LogP contribution in [0.3, 0.4) is 0 Å². The molecule has 1 saturated heterocycles. The van der Waals surface area contributed by atoms with Gasteiger partial charge in [0.2, 0.25) is 0 Å². The minimum Gasteiger partial charge on any atom is -0.759 e. The van der Waals surface area contributed by atoms with Crippen LogP contribution in [0.4, 0.5) is 0 Å². The lowest BCUT2D eigenvalue weighted by Gasteiger charge is -2.56. The Morgan fingerprint density at radius 3 is 2.57 bits per heavy atom. The van der Waals surface area contributed by atoms with Crippen LogP contribution in [0.5, 0.6) is 11.5 Å². The van der Waals surface area contributed by atoms with E-state index in [-0.39, 0.29) is 17.5 Å². The molecular weight excluding hydrogens is 474 g/mol. The van der Waals surface area contributed by atoms with Crippen LogP contribution in [-0.4, -0.2) is 61.2 Å². The smallest absolute Gasteiger partial charge is 0.343 e. The summed E-state index contributed by atoms with van der Waals surface area (Å²) in [6, 6.07) is 13.8. The van der Waals surface area contributed by atoms with Crippen LogP contribution in [0.1, 0.15) is 34.3 Å². The van der Waals surface area contributed by atoms with E-state index in [9.17, 15) is 4.79 Å². The van der Waals surface area contributed by atoms with Crippen molar-refractivity contribution in [2.24, 2.45) is 5.92 Å². The second-order valence-corrected chi connectivity index (χ2v) is 10.1. The second kappa shape index (κ2) is 8.63. The predicted octanol–water partition coefficient (Wildman–Crippen LogP) is 2.38. The van der Waals surface area contributed by atoms with E-state index >= 15 is 0 Å². The van der Waals surface area contributed by atoms with E-state index in [0.717, 1.165) is 37.3 Å². The molecule has 4 atom stereocenters. The fourth-order valence-corrected chi connectivity index (χ4v) is 6.30. The molecule has 4 aliphatic rings. The molecule has 2 aliphatic heterocycles. The zero-order valence-corrected chi connectivity index (χ0v) is 20.1. The summed E-state index contributed by atoms with van der Waals surface area (Å²) in [6.45, 7) is 1.01. The molecule has 2 heterocycles.